The SMILES string of the molecule is CCCCN(C)CCNC(=O)c1cc2c(-c3ccc(OC)c(OC)c3)nn(C)c2s1. The number of hydrogen-bond donors (Lipinski definition) is 1. The van der Waals surface area contributed by atoms with Crippen molar-refractivity contribution in [2.24, 2.45) is 7.05 Å². The molecule has 3 aromatic rings. The standard InChI is InChI=1S/C22H30N4O3S/c1-6-7-11-25(2)12-10-23-21(27)19-14-16-20(24-26(3)22(16)30-19)15-8-9-17(28-4)18(13-15)29-5/h8-9,13-14H,6-7,10-12H2,1-5H3,(H,23,27). The normalized spacial score (nSPS) is 11.3. The number of unbranched alkanes of at least 4 members (excludes halogenated alkanes) is 1. The minimum absolute atomic E-state index is 0.0432. The fraction of sp³-hybridized carbons (Fsp3) is 0.455. The van der Waals surface area contributed by atoms with Gasteiger partial charge in [0.2, 0.25) is 0 Å². The van der Waals surface area contributed by atoms with Crippen LogP contribution in [-0.4, -0.2) is 61.5 Å². The highest BCUT2D eigenvalue weighted by Crippen LogP contribution is 2.37. The average Bonchev–Trinajstić information content (AvgIpc) is 3.32. The van der Waals surface area contributed by atoms with E-state index in [2.05, 4.69) is 29.3 Å². The van der Waals surface area contributed by atoms with E-state index in [1.54, 1.807) is 14.2 Å². The highest BCUT2D eigenvalue weighted by atomic mass is 32.1. The molecular weight excluding hydrogens is 400 g/mol. The van der Waals surface area contributed by atoms with E-state index in [0.717, 1.165) is 34.6 Å². The zero-order valence-corrected chi connectivity index (χ0v) is 19.1. The molecule has 0 radical (unpaired) electrons. The number of benzene rings is 1. The molecule has 0 spiro atoms. The predicted molar refractivity (Wildman–Crippen MR) is 122 cm³/mol. The molecule has 0 aliphatic carbocycles. The van der Waals surface area contributed by atoms with Gasteiger partial charge in [0.15, 0.2) is 11.5 Å². The topological polar surface area (TPSA) is 68.6 Å². The molecule has 0 atom stereocenters. The van der Waals surface area contributed by atoms with E-state index in [1.807, 2.05) is 36.0 Å². The zero-order chi connectivity index (χ0) is 21.7. The summed E-state index contributed by atoms with van der Waals surface area (Å²) in [7, 11) is 7.21. The molecule has 3 rings (SSSR count). The number of aromatic nitrogens is 2. The number of thiophene rings is 1. The van der Waals surface area contributed by atoms with Gasteiger partial charge in [-0.05, 0) is 44.3 Å². The number of aryl methyl sites for hydroxylation is 1. The monoisotopic (exact) mass is 430 g/mol. The number of nitrogens with zero attached hydrogens (tertiary/aromatic N) is 3. The first-order valence-electron chi connectivity index (χ1n) is 10.1. The van der Waals surface area contributed by atoms with Gasteiger partial charge in [-0.2, -0.15) is 5.10 Å². The number of nitrogens with one attached hydrogen (secondary N) is 1. The molecule has 0 saturated carbocycles. The van der Waals surface area contributed by atoms with E-state index >= 15 is 0 Å². The van der Waals surface area contributed by atoms with E-state index < -0.39 is 0 Å². The second-order valence-electron chi connectivity index (χ2n) is 7.28. The van der Waals surface area contributed by atoms with Gasteiger partial charge in [0, 0.05) is 31.1 Å². The fourth-order valence-electron chi connectivity index (χ4n) is 3.34. The number of amides is 1. The van der Waals surface area contributed by atoms with Gasteiger partial charge in [0.1, 0.15) is 10.5 Å². The van der Waals surface area contributed by atoms with Crippen LogP contribution in [0, 0.1) is 0 Å². The van der Waals surface area contributed by atoms with Crippen LogP contribution in [0.1, 0.15) is 29.4 Å². The first kappa shape index (κ1) is 22.1. The van der Waals surface area contributed by atoms with Crippen LogP contribution in [0.25, 0.3) is 21.5 Å². The summed E-state index contributed by atoms with van der Waals surface area (Å²) in [5.41, 5.74) is 1.74. The lowest BCUT2D eigenvalue weighted by molar-refractivity contribution is 0.0954. The number of fused-ring (bicyclic) bond motifs is 1. The molecule has 2 aromatic heterocycles. The molecule has 1 amide bonds. The molecule has 0 unspecified atom stereocenters. The lowest BCUT2D eigenvalue weighted by atomic mass is 10.1. The molecule has 0 aliphatic rings. The number of hydrogen-bond acceptors (Lipinski definition) is 6. The Hall–Kier alpha value is -2.58. The van der Waals surface area contributed by atoms with Crippen LogP contribution < -0.4 is 14.8 Å². The smallest absolute Gasteiger partial charge is 0.261 e. The van der Waals surface area contributed by atoms with Gasteiger partial charge < -0.3 is 19.7 Å². The molecular formula is C22H30N4O3S. The van der Waals surface area contributed by atoms with Crippen LogP contribution in [0.4, 0.5) is 0 Å². The summed E-state index contributed by atoms with van der Waals surface area (Å²) in [6.45, 7) is 4.71. The Morgan fingerprint density at radius 1 is 1.20 bits per heavy atom. The summed E-state index contributed by atoms with van der Waals surface area (Å²) in [5.74, 6) is 1.27. The second-order valence-corrected chi connectivity index (χ2v) is 8.31. The number of likely N-dealkylation sites (N-methyl/N-ethyl adjacent to an activating group) is 1. The van der Waals surface area contributed by atoms with Gasteiger partial charge in [-0.3, -0.25) is 9.48 Å². The number of carbonyl (C=O) groups excluding carboxylic acids is 1. The lowest BCUT2D eigenvalue weighted by Crippen LogP contribution is -2.33. The zero-order valence-electron chi connectivity index (χ0n) is 18.3. The molecule has 7 nitrogen and oxygen atoms in total. The Morgan fingerprint density at radius 3 is 2.67 bits per heavy atom. The second kappa shape index (κ2) is 9.95. The Kier molecular flexibility index (Phi) is 7.33. The third-order valence-electron chi connectivity index (χ3n) is 5.06. The van der Waals surface area contributed by atoms with Gasteiger partial charge in [-0.25, -0.2) is 0 Å². The average molecular weight is 431 g/mol. The van der Waals surface area contributed by atoms with Crippen molar-refractivity contribution in [1.82, 2.24) is 20.0 Å². The van der Waals surface area contributed by atoms with Gasteiger partial charge in [0.25, 0.3) is 5.91 Å². The summed E-state index contributed by atoms with van der Waals surface area (Å²) in [4.78, 5) is 16.6. The quantitative estimate of drug-likeness (QED) is 0.530. The van der Waals surface area contributed by atoms with Gasteiger partial charge in [-0.15, -0.1) is 11.3 Å². The van der Waals surface area contributed by atoms with Gasteiger partial charge in [-0.1, -0.05) is 13.3 Å². The molecule has 0 bridgehead atoms. The Bertz CT molecular complexity index is 1010. The number of carbonyl (C=O) groups is 1. The number of rotatable bonds is 10. The summed E-state index contributed by atoms with van der Waals surface area (Å²) in [6.07, 6.45) is 2.35. The third-order valence-corrected chi connectivity index (χ3v) is 6.27. The lowest BCUT2D eigenvalue weighted by Gasteiger charge is -2.15. The first-order valence-corrected chi connectivity index (χ1v) is 11.0. The predicted octanol–water partition coefficient (Wildman–Crippen LogP) is 3.78. The summed E-state index contributed by atoms with van der Waals surface area (Å²) in [6, 6.07) is 7.65. The molecule has 2 heterocycles. The van der Waals surface area contributed by atoms with E-state index in [1.165, 1.54) is 24.2 Å². The summed E-state index contributed by atoms with van der Waals surface area (Å²) >= 11 is 1.46. The molecule has 0 fully saturated rings. The van der Waals surface area contributed by atoms with Crippen molar-refractivity contribution in [2.75, 3.05) is 40.9 Å². The minimum atomic E-state index is -0.0432. The van der Waals surface area contributed by atoms with Crippen LogP contribution in [0.5, 0.6) is 11.5 Å². The van der Waals surface area contributed by atoms with E-state index in [0.29, 0.717) is 22.9 Å². The molecule has 162 valence electrons. The Balaban J connectivity index is 1.78. The van der Waals surface area contributed by atoms with Crippen LogP contribution in [0.3, 0.4) is 0 Å². The first-order chi connectivity index (χ1) is 14.5. The van der Waals surface area contributed by atoms with Crippen LogP contribution >= 0.6 is 11.3 Å². The minimum Gasteiger partial charge on any atom is -0.493 e. The fourth-order valence-corrected chi connectivity index (χ4v) is 4.33. The molecule has 0 saturated heterocycles. The maximum absolute atomic E-state index is 12.7. The van der Waals surface area contributed by atoms with E-state index in [4.69, 9.17) is 9.47 Å². The summed E-state index contributed by atoms with van der Waals surface area (Å²) in [5, 5.41) is 8.65. The number of methoxy groups -OCH3 is 2. The molecule has 30 heavy (non-hydrogen) atoms. The van der Waals surface area contributed by atoms with Crippen LogP contribution in [0.2, 0.25) is 0 Å². The Labute approximate surface area is 181 Å². The summed E-state index contributed by atoms with van der Waals surface area (Å²) < 4.78 is 12.6. The van der Waals surface area contributed by atoms with Crippen molar-refractivity contribution >= 4 is 27.5 Å². The van der Waals surface area contributed by atoms with Crippen molar-refractivity contribution < 1.29 is 14.3 Å². The largest absolute Gasteiger partial charge is 0.493 e. The van der Waals surface area contributed by atoms with Crippen molar-refractivity contribution in [1.29, 1.82) is 0 Å². The molecule has 0 aliphatic heterocycles. The van der Waals surface area contributed by atoms with Crippen LogP contribution in [0.15, 0.2) is 24.3 Å². The van der Waals surface area contributed by atoms with Crippen molar-refractivity contribution in [3.05, 3.63) is 29.1 Å². The van der Waals surface area contributed by atoms with E-state index in [-0.39, 0.29) is 5.91 Å². The third kappa shape index (κ3) is 4.76. The van der Waals surface area contributed by atoms with Crippen molar-refractivity contribution in [3.8, 4) is 22.8 Å². The number of ether oxygens (including phenoxy) is 2. The van der Waals surface area contributed by atoms with Gasteiger partial charge in [0.05, 0.1) is 19.1 Å². The molecule has 8 heteroatoms. The molecule has 1 aromatic carbocycles. The Morgan fingerprint density at radius 2 is 1.97 bits per heavy atom. The maximum Gasteiger partial charge on any atom is 0.261 e. The molecule has 1 N–H and O–H groups in total. The highest BCUT2D eigenvalue weighted by molar-refractivity contribution is 7.20. The van der Waals surface area contributed by atoms with Crippen LogP contribution in [-0.2, 0) is 7.05 Å². The maximum atomic E-state index is 12.7. The van der Waals surface area contributed by atoms with Crippen molar-refractivity contribution in [2.45, 2.75) is 19.8 Å². The highest BCUT2D eigenvalue weighted by Gasteiger charge is 2.19. The van der Waals surface area contributed by atoms with Gasteiger partial charge >= 0.3 is 0 Å². The van der Waals surface area contributed by atoms with E-state index in [9.17, 15) is 4.79 Å². The van der Waals surface area contributed by atoms with Crippen molar-refractivity contribution in [3.63, 3.8) is 0 Å².